The van der Waals surface area contributed by atoms with Gasteiger partial charge in [0.1, 0.15) is 6.10 Å². The summed E-state index contributed by atoms with van der Waals surface area (Å²) < 4.78 is 11.6. The van der Waals surface area contributed by atoms with Crippen LogP contribution in [0.5, 0.6) is 0 Å². The van der Waals surface area contributed by atoms with Crippen LogP contribution in [0.3, 0.4) is 0 Å². The van der Waals surface area contributed by atoms with Crippen molar-refractivity contribution in [1.82, 2.24) is 0 Å². The summed E-state index contributed by atoms with van der Waals surface area (Å²) in [6.07, 6.45) is 6.44. The molecule has 1 heterocycles. The van der Waals surface area contributed by atoms with Crippen LogP contribution >= 0.6 is 0 Å². The van der Waals surface area contributed by atoms with Crippen molar-refractivity contribution >= 4 is 5.97 Å². The number of hydrogen-bond acceptors (Lipinski definition) is 4. The van der Waals surface area contributed by atoms with Crippen LogP contribution < -0.4 is 0 Å². The second-order valence-electron chi connectivity index (χ2n) is 8.22. The first kappa shape index (κ1) is 19.2. The Morgan fingerprint density at radius 2 is 2.04 bits per heavy atom. The van der Waals surface area contributed by atoms with E-state index in [1.54, 1.807) is 13.0 Å². The van der Waals surface area contributed by atoms with Gasteiger partial charge in [0.05, 0.1) is 17.8 Å². The maximum absolute atomic E-state index is 12.2. The third kappa shape index (κ3) is 4.28. The highest BCUT2D eigenvalue weighted by molar-refractivity contribution is 5.87. The number of aliphatic hydroxyl groups is 1. The molecule has 0 aromatic carbocycles. The summed E-state index contributed by atoms with van der Waals surface area (Å²) in [6, 6.07) is 0. The number of epoxide rings is 1. The Balaban J connectivity index is 2.24. The van der Waals surface area contributed by atoms with E-state index in [2.05, 4.69) is 20.8 Å². The van der Waals surface area contributed by atoms with Crippen LogP contribution in [0.2, 0.25) is 0 Å². The van der Waals surface area contributed by atoms with E-state index in [-0.39, 0.29) is 29.2 Å². The molecular weight excluding hydrogens is 304 g/mol. The number of fused-ring (bicyclic) bond motifs is 1. The topological polar surface area (TPSA) is 59.1 Å². The fourth-order valence-corrected chi connectivity index (χ4v) is 3.33. The molecule has 0 bridgehead atoms. The summed E-state index contributed by atoms with van der Waals surface area (Å²) in [4.78, 5) is 12.2. The molecule has 1 saturated heterocycles. The van der Waals surface area contributed by atoms with Gasteiger partial charge >= 0.3 is 5.97 Å². The number of carbonyl (C=O) groups is 1. The van der Waals surface area contributed by atoms with Gasteiger partial charge in [-0.15, -0.1) is 0 Å². The lowest BCUT2D eigenvalue weighted by molar-refractivity contribution is -0.147. The standard InChI is InChI=1S/C20H32O4/c1-7-13(2)18(22)23-16-11-14(3)15(21)12-17-20(6,24-17)10-8-9-19(16,4)5/h7,11,15-17,21H,8-10,12H2,1-6H3/b13-7+,14-11-. The normalized spacial score (nSPS) is 39.0. The molecule has 1 aliphatic carbocycles. The van der Waals surface area contributed by atoms with Crippen molar-refractivity contribution < 1.29 is 19.4 Å². The van der Waals surface area contributed by atoms with E-state index in [4.69, 9.17) is 9.47 Å². The van der Waals surface area contributed by atoms with Crippen LogP contribution in [-0.2, 0) is 14.3 Å². The summed E-state index contributed by atoms with van der Waals surface area (Å²) in [7, 11) is 0. The van der Waals surface area contributed by atoms with E-state index in [1.165, 1.54) is 0 Å². The fraction of sp³-hybridized carbons (Fsp3) is 0.750. The van der Waals surface area contributed by atoms with Gasteiger partial charge < -0.3 is 14.6 Å². The van der Waals surface area contributed by atoms with Gasteiger partial charge in [-0.1, -0.05) is 19.9 Å². The summed E-state index contributed by atoms with van der Waals surface area (Å²) in [5.41, 5.74) is 1.15. The molecule has 136 valence electrons. The Morgan fingerprint density at radius 1 is 1.38 bits per heavy atom. The van der Waals surface area contributed by atoms with E-state index in [1.807, 2.05) is 19.9 Å². The molecule has 0 aromatic rings. The molecule has 4 nitrogen and oxygen atoms in total. The zero-order chi connectivity index (χ0) is 18.1. The number of aliphatic hydroxyl groups excluding tert-OH is 1. The molecule has 0 aromatic heterocycles. The Labute approximate surface area is 145 Å². The molecule has 2 aliphatic rings. The number of hydrogen-bond donors (Lipinski definition) is 1. The molecule has 1 fully saturated rings. The van der Waals surface area contributed by atoms with E-state index >= 15 is 0 Å². The minimum atomic E-state index is -0.560. The summed E-state index contributed by atoms with van der Waals surface area (Å²) in [5.74, 6) is -0.290. The van der Waals surface area contributed by atoms with Crippen molar-refractivity contribution in [2.45, 2.75) is 91.1 Å². The second-order valence-corrected chi connectivity index (χ2v) is 8.22. The van der Waals surface area contributed by atoms with E-state index in [0.29, 0.717) is 12.0 Å². The lowest BCUT2D eigenvalue weighted by Crippen LogP contribution is -2.33. The lowest BCUT2D eigenvalue weighted by Gasteiger charge is -2.33. The molecule has 0 amide bonds. The molecule has 2 rings (SSSR count). The maximum atomic E-state index is 12.2. The average Bonchev–Trinajstić information content (AvgIpc) is 3.13. The number of carbonyl (C=O) groups excluding carboxylic acids is 1. The van der Waals surface area contributed by atoms with Crippen molar-refractivity contribution in [3.05, 3.63) is 23.3 Å². The Hall–Kier alpha value is -1.13. The van der Waals surface area contributed by atoms with Crippen LogP contribution in [-0.4, -0.2) is 35.0 Å². The van der Waals surface area contributed by atoms with Gasteiger partial charge in [0.25, 0.3) is 0 Å². The molecular formula is C20H32O4. The molecule has 4 atom stereocenters. The molecule has 4 unspecified atom stereocenters. The van der Waals surface area contributed by atoms with Gasteiger partial charge in [0, 0.05) is 17.4 Å². The SMILES string of the molecule is C/C=C(\C)C(=O)OC1/C=C(/C)C(O)CC2OC2(C)CCCC1(C)C. The first-order valence-electron chi connectivity index (χ1n) is 8.97. The predicted octanol–water partition coefficient (Wildman–Crippen LogP) is 3.93. The molecule has 1 aliphatic heterocycles. The Bertz CT molecular complexity index is 546. The van der Waals surface area contributed by atoms with Crippen LogP contribution in [0.1, 0.15) is 67.2 Å². The highest BCUT2D eigenvalue weighted by atomic mass is 16.6. The molecule has 4 heteroatoms. The maximum Gasteiger partial charge on any atom is 0.333 e. The lowest BCUT2D eigenvalue weighted by atomic mass is 9.80. The predicted molar refractivity (Wildman–Crippen MR) is 94.6 cm³/mol. The largest absolute Gasteiger partial charge is 0.454 e. The summed E-state index contributed by atoms with van der Waals surface area (Å²) >= 11 is 0. The van der Waals surface area contributed by atoms with Crippen LogP contribution in [0.25, 0.3) is 0 Å². The summed E-state index contributed by atoms with van der Waals surface area (Å²) in [5, 5.41) is 10.5. The molecule has 0 radical (unpaired) electrons. The molecule has 24 heavy (non-hydrogen) atoms. The van der Waals surface area contributed by atoms with Gasteiger partial charge in [-0.2, -0.15) is 0 Å². The second kappa shape index (κ2) is 7.01. The van der Waals surface area contributed by atoms with Gasteiger partial charge in [-0.25, -0.2) is 4.79 Å². The minimum absolute atomic E-state index is 0.102. The van der Waals surface area contributed by atoms with Crippen LogP contribution in [0, 0.1) is 5.41 Å². The molecule has 0 spiro atoms. The number of rotatable bonds is 2. The highest BCUT2D eigenvalue weighted by Crippen LogP contribution is 2.45. The van der Waals surface area contributed by atoms with Gasteiger partial charge in [-0.3, -0.25) is 0 Å². The van der Waals surface area contributed by atoms with Crippen LogP contribution in [0.15, 0.2) is 23.3 Å². The first-order valence-corrected chi connectivity index (χ1v) is 8.97. The van der Waals surface area contributed by atoms with Crippen molar-refractivity contribution in [2.24, 2.45) is 5.41 Å². The molecule has 1 N–H and O–H groups in total. The van der Waals surface area contributed by atoms with Crippen molar-refractivity contribution in [2.75, 3.05) is 0 Å². The van der Waals surface area contributed by atoms with E-state index < -0.39 is 6.10 Å². The molecule has 0 saturated carbocycles. The minimum Gasteiger partial charge on any atom is -0.454 e. The zero-order valence-electron chi connectivity index (χ0n) is 15.9. The van der Waals surface area contributed by atoms with Gasteiger partial charge in [0.2, 0.25) is 0 Å². The van der Waals surface area contributed by atoms with Crippen molar-refractivity contribution in [1.29, 1.82) is 0 Å². The first-order chi connectivity index (χ1) is 11.1. The van der Waals surface area contributed by atoms with Gasteiger partial charge in [-0.05, 0) is 58.6 Å². The zero-order valence-corrected chi connectivity index (χ0v) is 15.9. The van der Waals surface area contributed by atoms with E-state index in [9.17, 15) is 9.90 Å². The number of esters is 1. The Kier molecular flexibility index (Phi) is 5.61. The quantitative estimate of drug-likeness (QED) is 0.359. The van der Waals surface area contributed by atoms with E-state index in [0.717, 1.165) is 24.8 Å². The van der Waals surface area contributed by atoms with Crippen molar-refractivity contribution in [3.63, 3.8) is 0 Å². The fourth-order valence-electron chi connectivity index (χ4n) is 3.33. The Morgan fingerprint density at radius 3 is 2.67 bits per heavy atom. The smallest absolute Gasteiger partial charge is 0.333 e. The number of ether oxygens (including phenoxy) is 2. The van der Waals surface area contributed by atoms with Gasteiger partial charge in [0.15, 0.2) is 0 Å². The van der Waals surface area contributed by atoms with Crippen LogP contribution in [0.4, 0.5) is 0 Å². The highest BCUT2D eigenvalue weighted by Gasteiger charge is 2.52. The van der Waals surface area contributed by atoms with Crippen molar-refractivity contribution in [3.8, 4) is 0 Å². The summed E-state index contributed by atoms with van der Waals surface area (Å²) in [6.45, 7) is 11.9. The number of allylic oxidation sites excluding steroid dienone is 1. The monoisotopic (exact) mass is 336 g/mol. The third-order valence-electron chi connectivity index (χ3n) is 5.67. The third-order valence-corrected chi connectivity index (χ3v) is 5.67. The average molecular weight is 336 g/mol.